The van der Waals surface area contributed by atoms with Crippen LogP contribution >= 0.6 is 22.9 Å². The highest BCUT2D eigenvalue weighted by atomic mass is 35.5. The topological polar surface area (TPSA) is 89.0 Å². The van der Waals surface area contributed by atoms with E-state index in [2.05, 4.69) is 25.8 Å². The first-order valence-electron chi connectivity index (χ1n) is 7.91. The Balaban J connectivity index is 1.81. The molecule has 0 saturated heterocycles. The van der Waals surface area contributed by atoms with Gasteiger partial charge in [0.2, 0.25) is 0 Å². The van der Waals surface area contributed by atoms with E-state index in [1.807, 2.05) is 27.8 Å². The summed E-state index contributed by atoms with van der Waals surface area (Å²) < 4.78 is 5.35. The summed E-state index contributed by atoms with van der Waals surface area (Å²) in [6.07, 6.45) is 2.86. The van der Waals surface area contributed by atoms with Crippen LogP contribution < -0.4 is 10.6 Å². The Kier molecular flexibility index (Phi) is 4.59. The van der Waals surface area contributed by atoms with Gasteiger partial charge in [0.15, 0.2) is 5.01 Å². The molecule has 1 aliphatic rings. The van der Waals surface area contributed by atoms with Gasteiger partial charge >= 0.3 is 6.09 Å². The van der Waals surface area contributed by atoms with Gasteiger partial charge in [0, 0.05) is 18.9 Å². The Labute approximate surface area is 155 Å². The van der Waals surface area contributed by atoms with Crippen LogP contribution in [0.4, 0.5) is 10.5 Å². The number of rotatable bonds is 4. The van der Waals surface area contributed by atoms with E-state index < -0.39 is 17.2 Å². The number of pyridine rings is 1. The maximum atomic E-state index is 12.1. The molecule has 2 aromatic rings. The summed E-state index contributed by atoms with van der Waals surface area (Å²) in [6.45, 7) is 5.51. The van der Waals surface area contributed by atoms with Crippen LogP contribution in [0.25, 0.3) is 10.6 Å². The average Bonchev–Trinajstić information content (AvgIpc) is 3.10. The molecular formula is C16H20ClN5O2S. The molecule has 2 heterocycles. The molecule has 0 radical (unpaired) electrons. The third-order valence-electron chi connectivity index (χ3n) is 3.69. The summed E-state index contributed by atoms with van der Waals surface area (Å²) in [5.74, 6) is 0. The molecule has 134 valence electrons. The summed E-state index contributed by atoms with van der Waals surface area (Å²) in [5, 5.41) is 16.5. The van der Waals surface area contributed by atoms with Gasteiger partial charge in [-0.1, -0.05) is 22.9 Å². The molecule has 2 aromatic heterocycles. The summed E-state index contributed by atoms with van der Waals surface area (Å²) in [5.41, 5.74) is 0.637. The van der Waals surface area contributed by atoms with E-state index in [9.17, 15) is 4.79 Å². The highest BCUT2D eigenvalue weighted by molar-refractivity contribution is 7.14. The molecule has 0 aromatic carbocycles. The Bertz CT molecular complexity index is 798. The molecule has 1 saturated carbocycles. The largest absolute Gasteiger partial charge is 0.444 e. The lowest BCUT2D eigenvalue weighted by Gasteiger charge is -2.22. The lowest BCUT2D eigenvalue weighted by atomic mass is 10.2. The number of aromatic nitrogens is 3. The van der Waals surface area contributed by atoms with Crippen molar-refractivity contribution in [3.05, 3.63) is 22.4 Å². The first-order valence-corrected chi connectivity index (χ1v) is 9.11. The fourth-order valence-corrected chi connectivity index (χ4v) is 3.58. The van der Waals surface area contributed by atoms with Crippen molar-refractivity contribution in [3.63, 3.8) is 0 Å². The van der Waals surface area contributed by atoms with Crippen molar-refractivity contribution in [2.75, 3.05) is 12.4 Å². The maximum Gasteiger partial charge on any atom is 0.408 e. The number of halogens is 1. The zero-order valence-electron chi connectivity index (χ0n) is 14.5. The van der Waals surface area contributed by atoms with Gasteiger partial charge in [-0.15, -0.1) is 10.2 Å². The van der Waals surface area contributed by atoms with Crippen molar-refractivity contribution in [2.45, 2.75) is 44.8 Å². The minimum Gasteiger partial charge on any atom is -0.444 e. The maximum absolute atomic E-state index is 12.1. The van der Waals surface area contributed by atoms with Gasteiger partial charge in [-0.2, -0.15) is 0 Å². The predicted molar refractivity (Wildman–Crippen MR) is 98.0 cm³/mol. The molecule has 3 rings (SSSR count). The molecule has 0 unspecified atom stereocenters. The minimum absolute atomic E-state index is 0.406. The quantitative estimate of drug-likeness (QED) is 0.783. The standard InChI is InChI=1S/C16H20ClN5O2S/c1-15(2,3)24-14(23)20-16(5-6-16)13-22-21-12(25-13)9-8-19-11(17)7-10(9)18-4/h7-8H,5-6H2,1-4H3,(H,18,19)(H,20,23). The molecular weight excluding hydrogens is 362 g/mol. The number of carbonyl (C=O) groups excluding carboxylic acids is 1. The third kappa shape index (κ3) is 4.01. The predicted octanol–water partition coefficient (Wildman–Crippen LogP) is 3.81. The average molecular weight is 382 g/mol. The summed E-state index contributed by atoms with van der Waals surface area (Å²) in [7, 11) is 1.81. The minimum atomic E-state index is -0.539. The van der Waals surface area contributed by atoms with Gasteiger partial charge < -0.3 is 15.4 Å². The van der Waals surface area contributed by atoms with Crippen LogP contribution in [-0.4, -0.2) is 33.9 Å². The molecule has 0 bridgehead atoms. The SMILES string of the molecule is CNc1cc(Cl)ncc1-c1nnc(C2(NC(=O)OC(C)(C)C)CC2)s1. The first-order chi connectivity index (χ1) is 11.7. The molecule has 0 aliphatic heterocycles. The van der Waals surface area contributed by atoms with Gasteiger partial charge in [0.05, 0.1) is 11.1 Å². The van der Waals surface area contributed by atoms with Crippen molar-refractivity contribution in [2.24, 2.45) is 0 Å². The number of carbonyl (C=O) groups is 1. The number of alkyl carbamates (subject to hydrolysis) is 1. The van der Waals surface area contributed by atoms with Crippen LogP contribution in [0.15, 0.2) is 12.3 Å². The zero-order valence-corrected chi connectivity index (χ0v) is 16.1. The number of anilines is 1. The van der Waals surface area contributed by atoms with Gasteiger partial charge in [0.25, 0.3) is 0 Å². The first kappa shape index (κ1) is 17.9. The Morgan fingerprint density at radius 1 is 1.36 bits per heavy atom. The number of amides is 1. The van der Waals surface area contributed by atoms with E-state index in [0.29, 0.717) is 5.15 Å². The van der Waals surface area contributed by atoms with E-state index in [0.717, 1.165) is 34.1 Å². The number of nitrogens with one attached hydrogen (secondary N) is 2. The van der Waals surface area contributed by atoms with Crippen LogP contribution in [0, 0.1) is 0 Å². The lowest BCUT2D eigenvalue weighted by Crippen LogP contribution is -2.39. The summed E-state index contributed by atoms with van der Waals surface area (Å²) in [6, 6.07) is 1.74. The number of hydrogen-bond acceptors (Lipinski definition) is 7. The molecule has 0 atom stereocenters. The van der Waals surface area contributed by atoms with Gasteiger partial charge in [-0.25, -0.2) is 9.78 Å². The molecule has 1 amide bonds. The van der Waals surface area contributed by atoms with Crippen molar-refractivity contribution in [1.29, 1.82) is 0 Å². The second-order valence-electron chi connectivity index (χ2n) is 6.92. The van der Waals surface area contributed by atoms with Crippen molar-refractivity contribution >= 4 is 34.7 Å². The molecule has 1 aliphatic carbocycles. The van der Waals surface area contributed by atoms with E-state index in [1.54, 1.807) is 12.3 Å². The number of nitrogens with zero attached hydrogens (tertiary/aromatic N) is 3. The van der Waals surface area contributed by atoms with Crippen LogP contribution in [0.2, 0.25) is 5.15 Å². The van der Waals surface area contributed by atoms with Crippen LogP contribution in [0.1, 0.15) is 38.6 Å². The Hall–Kier alpha value is -1.93. The monoisotopic (exact) mass is 381 g/mol. The van der Waals surface area contributed by atoms with Gasteiger partial charge in [-0.05, 0) is 39.7 Å². The molecule has 25 heavy (non-hydrogen) atoms. The van der Waals surface area contributed by atoms with E-state index in [-0.39, 0.29) is 0 Å². The smallest absolute Gasteiger partial charge is 0.408 e. The molecule has 1 fully saturated rings. The second kappa shape index (κ2) is 6.42. The fraction of sp³-hybridized carbons (Fsp3) is 0.500. The summed E-state index contributed by atoms with van der Waals surface area (Å²) in [4.78, 5) is 16.2. The molecule has 0 spiro atoms. The number of ether oxygens (including phenoxy) is 1. The fourth-order valence-electron chi connectivity index (χ4n) is 2.35. The highest BCUT2D eigenvalue weighted by Crippen LogP contribution is 2.48. The Morgan fingerprint density at radius 2 is 2.08 bits per heavy atom. The van der Waals surface area contributed by atoms with Crippen molar-refractivity contribution in [1.82, 2.24) is 20.5 Å². The van der Waals surface area contributed by atoms with E-state index in [1.165, 1.54) is 11.3 Å². The van der Waals surface area contributed by atoms with Crippen molar-refractivity contribution in [3.8, 4) is 10.6 Å². The van der Waals surface area contributed by atoms with E-state index in [4.69, 9.17) is 16.3 Å². The second-order valence-corrected chi connectivity index (χ2v) is 8.29. The van der Waals surface area contributed by atoms with Gasteiger partial charge in [0.1, 0.15) is 15.8 Å². The lowest BCUT2D eigenvalue weighted by molar-refractivity contribution is 0.0495. The molecule has 2 N–H and O–H groups in total. The van der Waals surface area contributed by atoms with Crippen LogP contribution in [0.5, 0.6) is 0 Å². The van der Waals surface area contributed by atoms with Crippen molar-refractivity contribution < 1.29 is 9.53 Å². The Morgan fingerprint density at radius 3 is 2.68 bits per heavy atom. The zero-order chi connectivity index (χ0) is 18.2. The highest BCUT2D eigenvalue weighted by Gasteiger charge is 2.49. The normalized spacial score (nSPS) is 15.6. The van der Waals surface area contributed by atoms with E-state index >= 15 is 0 Å². The molecule has 9 heteroatoms. The summed E-state index contributed by atoms with van der Waals surface area (Å²) >= 11 is 7.37. The third-order valence-corrected chi connectivity index (χ3v) is 5.06. The van der Waals surface area contributed by atoms with Crippen LogP contribution in [-0.2, 0) is 10.3 Å². The van der Waals surface area contributed by atoms with Gasteiger partial charge in [-0.3, -0.25) is 0 Å². The number of hydrogen-bond donors (Lipinski definition) is 2. The molecule has 7 nitrogen and oxygen atoms in total. The van der Waals surface area contributed by atoms with Crippen LogP contribution in [0.3, 0.4) is 0 Å².